The molecule has 0 N–H and O–H groups in total. The second kappa shape index (κ2) is 13.3. The zero-order valence-electron chi connectivity index (χ0n) is 15.3. The molecule has 0 aliphatic carbocycles. The Kier molecular flexibility index (Phi) is 13.1. The predicted octanol–water partition coefficient (Wildman–Crippen LogP) is 5.35. The molecule has 0 saturated heterocycles. The quantitative estimate of drug-likeness (QED) is 0.294. The fourth-order valence-corrected chi connectivity index (χ4v) is 2.67. The number of hydrogen-bond donors (Lipinski definition) is 0. The number of ketones is 1. The number of Topliss-reactive ketones (excluding diaryl/α,β-unsaturated/α-hetero) is 1. The SMILES string of the molecule is CCCCCCCCC(=O)CCCCCCC[N+](C)(C)C. The van der Waals surface area contributed by atoms with Crippen LogP contribution in [0.2, 0.25) is 0 Å². The van der Waals surface area contributed by atoms with Crippen LogP contribution in [0.3, 0.4) is 0 Å². The van der Waals surface area contributed by atoms with Crippen LogP contribution in [-0.2, 0) is 4.79 Å². The Labute approximate surface area is 133 Å². The van der Waals surface area contributed by atoms with Gasteiger partial charge in [-0.05, 0) is 25.7 Å². The number of carbonyl (C=O) groups is 1. The van der Waals surface area contributed by atoms with Gasteiger partial charge in [-0.15, -0.1) is 0 Å². The Morgan fingerprint density at radius 2 is 1.10 bits per heavy atom. The van der Waals surface area contributed by atoms with Crippen molar-refractivity contribution in [3.05, 3.63) is 0 Å². The normalized spacial score (nSPS) is 11.8. The number of nitrogens with zero attached hydrogens (tertiary/aromatic N) is 1. The van der Waals surface area contributed by atoms with Gasteiger partial charge in [0.2, 0.25) is 0 Å². The number of quaternary nitrogens is 1. The van der Waals surface area contributed by atoms with E-state index >= 15 is 0 Å². The summed E-state index contributed by atoms with van der Waals surface area (Å²) in [7, 11) is 6.75. The maximum Gasteiger partial charge on any atom is 0.132 e. The number of rotatable bonds is 15. The van der Waals surface area contributed by atoms with Gasteiger partial charge in [-0.2, -0.15) is 0 Å². The molecule has 126 valence electrons. The minimum Gasteiger partial charge on any atom is -0.331 e. The Bertz CT molecular complexity index is 242. The highest BCUT2D eigenvalue weighted by atomic mass is 16.1. The van der Waals surface area contributed by atoms with E-state index in [0.717, 1.165) is 30.2 Å². The third-order valence-electron chi connectivity index (χ3n) is 4.09. The molecule has 0 aromatic rings. The van der Waals surface area contributed by atoms with Crippen LogP contribution in [0, 0.1) is 0 Å². The molecule has 0 fully saturated rings. The molecule has 0 bridgehead atoms. The second-order valence-corrected chi connectivity index (χ2v) is 7.59. The molecule has 0 saturated carbocycles. The maximum absolute atomic E-state index is 11.7. The van der Waals surface area contributed by atoms with Gasteiger partial charge in [0.05, 0.1) is 27.7 Å². The smallest absolute Gasteiger partial charge is 0.132 e. The van der Waals surface area contributed by atoms with E-state index in [2.05, 4.69) is 28.1 Å². The van der Waals surface area contributed by atoms with E-state index in [4.69, 9.17) is 0 Å². The third kappa shape index (κ3) is 17.6. The average molecular weight is 299 g/mol. The second-order valence-electron chi connectivity index (χ2n) is 7.59. The van der Waals surface area contributed by atoms with Crippen LogP contribution in [0.25, 0.3) is 0 Å². The lowest BCUT2D eigenvalue weighted by Crippen LogP contribution is -2.35. The van der Waals surface area contributed by atoms with Gasteiger partial charge in [0.25, 0.3) is 0 Å². The minimum atomic E-state index is 0.497. The fourth-order valence-electron chi connectivity index (χ4n) is 2.67. The van der Waals surface area contributed by atoms with E-state index in [1.165, 1.54) is 64.3 Å². The van der Waals surface area contributed by atoms with Crippen molar-refractivity contribution in [2.75, 3.05) is 27.7 Å². The first-order valence-corrected chi connectivity index (χ1v) is 9.28. The summed E-state index contributed by atoms with van der Waals surface area (Å²) in [4.78, 5) is 11.7. The standard InChI is InChI=1S/C19H40NO/c1-5-6-7-8-10-13-16-19(21)17-14-11-9-12-15-18-20(2,3)4/h5-18H2,1-4H3/q+1. The molecule has 0 aliphatic heterocycles. The Morgan fingerprint density at radius 3 is 1.57 bits per heavy atom. The Morgan fingerprint density at radius 1 is 0.667 bits per heavy atom. The van der Waals surface area contributed by atoms with Crippen LogP contribution < -0.4 is 0 Å². The summed E-state index contributed by atoms with van der Waals surface area (Å²) in [6.07, 6.45) is 15.6. The lowest BCUT2D eigenvalue weighted by atomic mass is 10.0. The van der Waals surface area contributed by atoms with Crippen molar-refractivity contribution in [1.29, 1.82) is 0 Å². The van der Waals surface area contributed by atoms with Crippen molar-refractivity contribution in [3.63, 3.8) is 0 Å². The summed E-state index contributed by atoms with van der Waals surface area (Å²) in [5, 5.41) is 0. The third-order valence-corrected chi connectivity index (χ3v) is 4.09. The zero-order valence-corrected chi connectivity index (χ0v) is 15.3. The molecular formula is C19H40NO+. The molecule has 0 heterocycles. The number of hydrogen-bond acceptors (Lipinski definition) is 1. The summed E-state index contributed by atoms with van der Waals surface area (Å²) in [5.74, 6) is 0.497. The summed E-state index contributed by atoms with van der Waals surface area (Å²) in [5.41, 5.74) is 0. The van der Waals surface area contributed by atoms with Gasteiger partial charge in [0.1, 0.15) is 5.78 Å². The van der Waals surface area contributed by atoms with Gasteiger partial charge in [-0.1, -0.05) is 51.9 Å². The fraction of sp³-hybridized carbons (Fsp3) is 0.947. The lowest BCUT2D eigenvalue weighted by molar-refractivity contribution is -0.870. The van der Waals surface area contributed by atoms with Crippen LogP contribution in [0.15, 0.2) is 0 Å². The van der Waals surface area contributed by atoms with Crippen LogP contribution in [0.4, 0.5) is 0 Å². The van der Waals surface area contributed by atoms with Crippen LogP contribution in [-0.4, -0.2) is 38.0 Å². The summed E-state index contributed by atoms with van der Waals surface area (Å²) >= 11 is 0. The maximum atomic E-state index is 11.7. The molecule has 0 amide bonds. The molecule has 0 aromatic heterocycles. The van der Waals surface area contributed by atoms with E-state index in [9.17, 15) is 4.79 Å². The minimum absolute atomic E-state index is 0.497. The van der Waals surface area contributed by atoms with Crippen molar-refractivity contribution < 1.29 is 9.28 Å². The van der Waals surface area contributed by atoms with Gasteiger partial charge in [-0.25, -0.2) is 0 Å². The molecule has 21 heavy (non-hydrogen) atoms. The molecule has 0 aromatic carbocycles. The van der Waals surface area contributed by atoms with Crippen molar-refractivity contribution in [2.45, 2.75) is 90.4 Å². The van der Waals surface area contributed by atoms with E-state index < -0.39 is 0 Å². The largest absolute Gasteiger partial charge is 0.331 e. The van der Waals surface area contributed by atoms with Gasteiger partial charge in [0, 0.05) is 12.8 Å². The van der Waals surface area contributed by atoms with Gasteiger partial charge in [0.15, 0.2) is 0 Å². The first-order valence-electron chi connectivity index (χ1n) is 9.28. The molecule has 0 aliphatic rings. The van der Waals surface area contributed by atoms with Crippen molar-refractivity contribution in [2.24, 2.45) is 0 Å². The van der Waals surface area contributed by atoms with Crippen LogP contribution >= 0.6 is 0 Å². The molecule has 2 heteroatoms. The summed E-state index contributed by atoms with van der Waals surface area (Å²) < 4.78 is 1.07. The van der Waals surface area contributed by atoms with Crippen molar-refractivity contribution in [3.8, 4) is 0 Å². The molecule has 0 rings (SSSR count). The highest BCUT2D eigenvalue weighted by Gasteiger charge is 2.05. The van der Waals surface area contributed by atoms with E-state index in [1.54, 1.807) is 0 Å². The number of unbranched alkanes of at least 4 members (excludes halogenated alkanes) is 9. The molecule has 2 nitrogen and oxygen atoms in total. The molecule has 0 radical (unpaired) electrons. The molecule has 0 atom stereocenters. The van der Waals surface area contributed by atoms with Gasteiger partial charge in [-0.3, -0.25) is 4.79 Å². The highest BCUT2D eigenvalue weighted by molar-refractivity contribution is 5.78. The highest BCUT2D eigenvalue weighted by Crippen LogP contribution is 2.11. The van der Waals surface area contributed by atoms with Gasteiger partial charge < -0.3 is 4.48 Å². The first-order chi connectivity index (χ1) is 9.95. The summed E-state index contributed by atoms with van der Waals surface area (Å²) in [6.45, 7) is 3.50. The summed E-state index contributed by atoms with van der Waals surface area (Å²) in [6, 6.07) is 0. The molecule has 0 spiro atoms. The van der Waals surface area contributed by atoms with E-state index in [0.29, 0.717) is 5.78 Å². The number of carbonyl (C=O) groups excluding carboxylic acids is 1. The molecule has 0 unspecified atom stereocenters. The van der Waals surface area contributed by atoms with E-state index in [-0.39, 0.29) is 0 Å². The molecular weight excluding hydrogens is 258 g/mol. The predicted molar refractivity (Wildman–Crippen MR) is 93.6 cm³/mol. The lowest BCUT2D eigenvalue weighted by Gasteiger charge is -2.23. The first kappa shape index (κ1) is 20.6. The van der Waals surface area contributed by atoms with Crippen LogP contribution in [0.1, 0.15) is 90.4 Å². The van der Waals surface area contributed by atoms with Crippen molar-refractivity contribution >= 4 is 5.78 Å². The zero-order chi connectivity index (χ0) is 16.0. The van der Waals surface area contributed by atoms with Crippen molar-refractivity contribution in [1.82, 2.24) is 0 Å². The topological polar surface area (TPSA) is 17.1 Å². The monoisotopic (exact) mass is 298 g/mol. The van der Waals surface area contributed by atoms with E-state index in [1.807, 2.05) is 0 Å². The Hall–Kier alpha value is -0.370. The van der Waals surface area contributed by atoms with Gasteiger partial charge >= 0.3 is 0 Å². The Balaban J connectivity index is 3.23. The van der Waals surface area contributed by atoms with Crippen LogP contribution in [0.5, 0.6) is 0 Å². The average Bonchev–Trinajstić information content (AvgIpc) is 2.40.